The number of phenols is 1. The van der Waals surface area contributed by atoms with Crippen molar-refractivity contribution < 1.29 is 14.7 Å². The normalized spacial score (nSPS) is 14.9. The van der Waals surface area contributed by atoms with E-state index in [1.54, 1.807) is 4.90 Å². The number of nitrogens with zero attached hydrogens (tertiary/aromatic N) is 1. The number of nitrogens with one attached hydrogen (secondary N) is 1. The molecule has 1 saturated heterocycles. The minimum Gasteiger partial charge on any atom is -0.508 e. The van der Waals surface area contributed by atoms with Crippen molar-refractivity contribution in [3.05, 3.63) is 28.8 Å². The van der Waals surface area contributed by atoms with Crippen molar-refractivity contribution in [3.63, 3.8) is 0 Å². The Labute approximate surface area is 122 Å². The van der Waals surface area contributed by atoms with Gasteiger partial charge in [-0.3, -0.25) is 9.59 Å². The van der Waals surface area contributed by atoms with Crippen molar-refractivity contribution in [2.24, 2.45) is 0 Å². The SMILES string of the molecule is O=C(NCC(=O)N1CCCCC1)c1cc(O)ccc1Cl. The Bertz CT molecular complexity index is 513. The highest BCUT2D eigenvalue weighted by Gasteiger charge is 2.18. The van der Waals surface area contributed by atoms with Gasteiger partial charge < -0.3 is 15.3 Å². The molecule has 0 aliphatic carbocycles. The number of amides is 2. The highest BCUT2D eigenvalue weighted by molar-refractivity contribution is 6.33. The number of aromatic hydroxyl groups is 1. The summed E-state index contributed by atoms with van der Waals surface area (Å²) in [5, 5.41) is 12.1. The van der Waals surface area contributed by atoms with Crippen LogP contribution >= 0.6 is 11.6 Å². The molecular formula is C14H17ClN2O3. The van der Waals surface area contributed by atoms with Gasteiger partial charge in [0.2, 0.25) is 5.91 Å². The summed E-state index contributed by atoms with van der Waals surface area (Å²) in [5.41, 5.74) is 0.165. The second-order valence-electron chi connectivity index (χ2n) is 4.79. The molecule has 0 atom stereocenters. The van der Waals surface area contributed by atoms with Gasteiger partial charge in [0.05, 0.1) is 17.1 Å². The molecule has 6 heteroatoms. The van der Waals surface area contributed by atoms with E-state index in [1.807, 2.05) is 0 Å². The fraction of sp³-hybridized carbons (Fsp3) is 0.429. The summed E-state index contributed by atoms with van der Waals surface area (Å²) in [5.74, 6) is -0.590. The lowest BCUT2D eigenvalue weighted by molar-refractivity contribution is -0.130. The number of rotatable bonds is 3. The molecule has 1 aliphatic heterocycles. The lowest BCUT2D eigenvalue weighted by atomic mass is 10.1. The summed E-state index contributed by atoms with van der Waals surface area (Å²) in [6, 6.07) is 4.12. The van der Waals surface area contributed by atoms with E-state index in [1.165, 1.54) is 18.2 Å². The van der Waals surface area contributed by atoms with Gasteiger partial charge in [-0.25, -0.2) is 0 Å². The number of likely N-dealkylation sites (tertiary alicyclic amines) is 1. The monoisotopic (exact) mass is 296 g/mol. The number of phenolic OH excluding ortho intramolecular Hbond substituents is 1. The summed E-state index contributed by atoms with van der Waals surface area (Å²) in [4.78, 5) is 25.6. The number of hydrogen-bond donors (Lipinski definition) is 2. The largest absolute Gasteiger partial charge is 0.508 e. The van der Waals surface area contributed by atoms with Crippen LogP contribution in [-0.4, -0.2) is 41.5 Å². The number of carbonyl (C=O) groups excluding carboxylic acids is 2. The van der Waals surface area contributed by atoms with Crippen LogP contribution in [0.4, 0.5) is 0 Å². The van der Waals surface area contributed by atoms with Crippen LogP contribution in [0.1, 0.15) is 29.6 Å². The molecule has 108 valence electrons. The maximum Gasteiger partial charge on any atom is 0.253 e. The smallest absolute Gasteiger partial charge is 0.253 e. The van der Waals surface area contributed by atoms with Crippen LogP contribution in [0, 0.1) is 0 Å². The molecule has 0 spiro atoms. The van der Waals surface area contributed by atoms with Crippen LogP contribution in [0.25, 0.3) is 0 Å². The third-order valence-electron chi connectivity index (χ3n) is 3.30. The summed E-state index contributed by atoms with van der Waals surface area (Å²) in [7, 11) is 0. The first-order chi connectivity index (χ1) is 9.58. The maximum absolute atomic E-state index is 11.9. The molecule has 0 aromatic heterocycles. The molecule has 0 radical (unpaired) electrons. The van der Waals surface area contributed by atoms with Crippen molar-refractivity contribution in [2.45, 2.75) is 19.3 Å². The van der Waals surface area contributed by atoms with Gasteiger partial charge in [-0.15, -0.1) is 0 Å². The van der Waals surface area contributed by atoms with Gasteiger partial charge in [-0.1, -0.05) is 11.6 Å². The van der Waals surface area contributed by atoms with Gasteiger partial charge in [0.1, 0.15) is 5.75 Å². The summed E-state index contributed by atoms with van der Waals surface area (Å²) >= 11 is 5.89. The van der Waals surface area contributed by atoms with Crippen LogP contribution in [0.2, 0.25) is 5.02 Å². The second-order valence-corrected chi connectivity index (χ2v) is 5.20. The predicted octanol–water partition coefficient (Wildman–Crippen LogP) is 1.79. The molecule has 0 unspecified atom stereocenters. The number of carbonyl (C=O) groups is 2. The summed E-state index contributed by atoms with van der Waals surface area (Å²) in [6.07, 6.45) is 3.17. The minimum absolute atomic E-state index is 0.0399. The Kier molecular flexibility index (Phi) is 4.84. The topological polar surface area (TPSA) is 69.6 Å². The van der Waals surface area contributed by atoms with E-state index in [-0.39, 0.29) is 28.8 Å². The molecular weight excluding hydrogens is 280 g/mol. The lowest BCUT2D eigenvalue weighted by Crippen LogP contribution is -2.42. The van der Waals surface area contributed by atoms with E-state index in [9.17, 15) is 14.7 Å². The molecule has 1 aromatic carbocycles. The molecule has 1 aliphatic rings. The molecule has 5 nitrogen and oxygen atoms in total. The molecule has 0 bridgehead atoms. The summed E-state index contributed by atoms with van der Waals surface area (Å²) < 4.78 is 0. The molecule has 1 fully saturated rings. The zero-order valence-corrected chi connectivity index (χ0v) is 11.8. The maximum atomic E-state index is 11.9. The average molecular weight is 297 g/mol. The number of hydrogen-bond acceptors (Lipinski definition) is 3. The van der Waals surface area contributed by atoms with Gasteiger partial charge in [-0.05, 0) is 37.5 Å². The van der Waals surface area contributed by atoms with Crippen LogP contribution in [0.3, 0.4) is 0 Å². The van der Waals surface area contributed by atoms with Crippen molar-refractivity contribution in [3.8, 4) is 5.75 Å². The minimum atomic E-state index is -0.462. The van der Waals surface area contributed by atoms with Crippen molar-refractivity contribution in [1.82, 2.24) is 10.2 Å². The van der Waals surface area contributed by atoms with E-state index >= 15 is 0 Å². The quantitative estimate of drug-likeness (QED) is 0.893. The molecule has 2 N–H and O–H groups in total. The third-order valence-corrected chi connectivity index (χ3v) is 3.63. The highest BCUT2D eigenvalue weighted by Crippen LogP contribution is 2.20. The Hall–Kier alpha value is -1.75. The fourth-order valence-corrected chi connectivity index (χ4v) is 2.40. The Balaban J connectivity index is 1.91. The molecule has 1 aromatic rings. The van der Waals surface area contributed by atoms with Gasteiger partial charge in [0.25, 0.3) is 5.91 Å². The van der Waals surface area contributed by atoms with Crippen LogP contribution in [0.5, 0.6) is 5.75 Å². The molecule has 2 amide bonds. The molecule has 20 heavy (non-hydrogen) atoms. The van der Waals surface area contributed by atoms with Gasteiger partial charge in [0.15, 0.2) is 0 Å². The Morgan fingerprint density at radius 1 is 1.25 bits per heavy atom. The first-order valence-electron chi connectivity index (χ1n) is 6.62. The van der Waals surface area contributed by atoms with E-state index in [0.717, 1.165) is 32.4 Å². The molecule has 0 saturated carbocycles. The number of piperidine rings is 1. The van der Waals surface area contributed by atoms with Crippen LogP contribution in [0.15, 0.2) is 18.2 Å². The molecule has 2 rings (SSSR count). The van der Waals surface area contributed by atoms with Crippen molar-refractivity contribution in [1.29, 1.82) is 0 Å². The zero-order valence-electron chi connectivity index (χ0n) is 11.1. The second kappa shape index (κ2) is 6.61. The van der Waals surface area contributed by atoms with Crippen molar-refractivity contribution in [2.75, 3.05) is 19.6 Å². The van der Waals surface area contributed by atoms with Gasteiger partial charge in [0, 0.05) is 13.1 Å². The lowest BCUT2D eigenvalue weighted by Gasteiger charge is -2.26. The number of halogens is 1. The van der Waals surface area contributed by atoms with Crippen LogP contribution < -0.4 is 5.32 Å². The van der Waals surface area contributed by atoms with E-state index in [2.05, 4.69) is 5.32 Å². The zero-order chi connectivity index (χ0) is 14.5. The first-order valence-corrected chi connectivity index (χ1v) is 7.00. The fourth-order valence-electron chi connectivity index (χ4n) is 2.19. The average Bonchev–Trinajstić information content (AvgIpc) is 2.47. The third kappa shape index (κ3) is 3.63. The first kappa shape index (κ1) is 14.7. The van der Waals surface area contributed by atoms with E-state index in [4.69, 9.17) is 11.6 Å². The summed E-state index contributed by atoms with van der Waals surface area (Å²) in [6.45, 7) is 1.45. The molecule has 1 heterocycles. The number of benzene rings is 1. The van der Waals surface area contributed by atoms with Gasteiger partial charge >= 0.3 is 0 Å². The predicted molar refractivity (Wildman–Crippen MR) is 75.9 cm³/mol. The Morgan fingerprint density at radius 2 is 1.95 bits per heavy atom. The van der Waals surface area contributed by atoms with E-state index < -0.39 is 5.91 Å². The van der Waals surface area contributed by atoms with Crippen LogP contribution in [-0.2, 0) is 4.79 Å². The van der Waals surface area contributed by atoms with E-state index in [0.29, 0.717) is 0 Å². The standard InChI is InChI=1S/C14H17ClN2O3/c15-12-5-4-10(18)8-11(12)14(20)16-9-13(19)17-6-2-1-3-7-17/h4-5,8,18H,1-3,6-7,9H2,(H,16,20). The van der Waals surface area contributed by atoms with Gasteiger partial charge in [-0.2, -0.15) is 0 Å². The highest BCUT2D eigenvalue weighted by atomic mass is 35.5. The van der Waals surface area contributed by atoms with Crippen molar-refractivity contribution >= 4 is 23.4 Å². The Morgan fingerprint density at radius 3 is 2.65 bits per heavy atom.